The molecule has 2 aliphatic heterocycles. The molecule has 0 saturated carbocycles. The number of aryl methyl sites for hydroxylation is 1. The van der Waals surface area contributed by atoms with Gasteiger partial charge in [0, 0.05) is 31.7 Å². The van der Waals surface area contributed by atoms with Crippen molar-refractivity contribution in [3.05, 3.63) is 71.8 Å². The van der Waals surface area contributed by atoms with Crippen molar-refractivity contribution in [2.24, 2.45) is 0 Å². The fourth-order valence-corrected chi connectivity index (χ4v) is 5.05. The molecule has 0 unspecified atom stereocenters. The molecule has 172 valence electrons. The van der Waals surface area contributed by atoms with E-state index in [9.17, 15) is 0 Å². The number of hydrogen-bond donors (Lipinski definition) is 0. The third-order valence-electron chi connectivity index (χ3n) is 6.81. The molecule has 5 heteroatoms. The van der Waals surface area contributed by atoms with Gasteiger partial charge in [-0.2, -0.15) is 0 Å². The van der Waals surface area contributed by atoms with Crippen LogP contribution in [-0.4, -0.2) is 51.8 Å². The zero-order valence-electron chi connectivity index (χ0n) is 19.5. The Kier molecular flexibility index (Phi) is 6.40. The maximum absolute atomic E-state index is 6.13. The molecule has 0 spiro atoms. The summed E-state index contributed by atoms with van der Waals surface area (Å²) in [5.74, 6) is 2.66. The molecule has 0 bridgehead atoms. The molecule has 3 aromatic rings. The van der Waals surface area contributed by atoms with E-state index >= 15 is 0 Å². The molecule has 2 heterocycles. The number of para-hydroxylation sites is 2. The molecular formula is C28H32N2O3. The number of nitrogens with zero attached hydrogens (tertiary/aromatic N) is 2. The zero-order valence-corrected chi connectivity index (χ0v) is 19.5. The van der Waals surface area contributed by atoms with Gasteiger partial charge in [0.2, 0.25) is 0 Å². The summed E-state index contributed by atoms with van der Waals surface area (Å²) in [4.78, 5) is 5.01. The summed E-state index contributed by atoms with van der Waals surface area (Å²) in [6, 6.07) is 21.1. The Hall–Kier alpha value is -3.18. The molecule has 0 N–H and O–H groups in total. The van der Waals surface area contributed by atoms with Gasteiger partial charge in [0.05, 0.1) is 19.9 Å². The van der Waals surface area contributed by atoms with Gasteiger partial charge in [-0.3, -0.25) is 4.90 Å². The molecule has 5 rings (SSSR count). The van der Waals surface area contributed by atoms with Gasteiger partial charge in [-0.05, 0) is 54.3 Å². The second kappa shape index (κ2) is 9.75. The predicted octanol–water partition coefficient (Wildman–Crippen LogP) is 5.02. The van der Waals surface area contributed by atoms with Gasteiger partial charge in [0.25, 0.3) is 0 Å². The van der Waals surface area contributed by atoms with Gasteiger partial charge >= 0.3 is 0 Å². The Labute approximate surface area is 196 Å². The van der Waals surface area contributed by atoms with E-state index < -0.39 is 0 Å². The van der Waals surface area contributed by atoms with Crippen LogP contribution in [0.25, 0.3) is 11.1 Å². The van der Waals surface area contributed by atoms with Crippen LogP contribution in [0.4, 0.5) is 5.69 Å². The highest BCUT2D eigenvalue weighted by Gasteiger charge is 2.24. The number of fused-ring (bicyclic) bond motifs is 3. The van der Waals surface area contributed by atoms with Gasteiger partial charge in [-0.25, -0.2) is 0 Å². The Balaban J connectivity index is 1.23. The number of methoxy groups -OCH3 is 2. The van der Waals surface area contributed by atoms with Crippen molar-refractivity contribution in [3.8, 4) is 28.4 Å². The van der Waals surface area contributed by atoms with Crippen LogP contribution in [-0.2, 0) is 13.0 Å². The first kappa shape index (κ1) is 21.7. The van der Waals surface area contributed by atoms with Crippen LogP contribution < -0.4 is 19.1 Å². The van der Waals surface area contributed by atoms with Crippen molar-refractivity contribution in [2.75, 3.05) is 51.8 Å². The van der Waals surface area contributed by atoms with Crippen molar-refractivity contribution in [1.82, 2.24) is 4.90 Å². The molecule has 0 aromatic heterocycles. The van der Waals surface area contributed by atoms with Crippen LogP contribution in [0.2, 0.25) is 0 Å². The second-order valence-electron chi connectivity index (χ2n) is 8.68. The van der Waals surface area contributed by atoms with Crippen LogP contribution in [0.1, 0.15) is 17.5 Å². The number of ether oxygens (including phenoxy) is 3. The van der Waals surface area contributed by atoms with Crippen LogP contribution in [0.5, 0.6) is 17.2 Å². The van der Waals surface area contributed by atoms with Gasteiger partial charge in [0.1, 0.15) is 12.4 Å². The monoisotopic (exact) mass is 444 g/mol. The Morgan fingerprint density at radius 3 is 2.39 bits per heavy atom. The number of piperazine rings is 1. The molecule has 1 fully saturated rings. The van der Waals surface area contributed by atoms with Crippen molar-refractivity contribution < 1.29 is 14.2 Å². The molecular weight excluding hydrogens is 412 g/mol. The highest BCUT2D eigenvalue weighted by Crippen LogP contribution is 2.45. The van der Waals surface area contributed by atoms with E-state index in [0.29, 0.717) is 6.61 Å². The van der Waals surface area contributed by atoms with Gasteiger partial charge < -0.3 is 19.1 Å². The fourth-order valence-electron chi connectivity index (χ4n) is 5.05. The minimum absolute atomic E-state index is 0.597. The maximum atomic E-state index is 6.13. The van der Waals surface area contributed by atoms with Crippen LogP contribution in [0.3, 0.4) is 0 Å². The second-order valence-corrected chi connectivity index (χ2v) is 8.68. The minimum atomic E-state index is 0.597. The van der Waals surface area contributed by atoms with E-state index in [4.69, 9.17) is 14.2 Å². The molecule has 0 radical (unpaired) electrons. The molecule has 0 aliphatic carbocycles. The Morgan fingerprint density at radius 2 is 1.58 bits per heavy atom. The van der Waals surface area contributed by atoms with Crippen molar-refractivity contribution in [2.45, 2.75) is 19.4 Å². The molecule has 2 aliphatic rings. The number of anilines is 1. The summed E-state index contributed by atoms with van der Waals surface area (Å²) >= 11 is 0. The van der Waals surface area contributed by atoms with E-state index in [2.05, 4.69) is 52.3 Å². The van der Waals surface area contributed by atoms with E-state index in [1.807, 2.05) is 18.2 Å². The fraction of sp³-hybridized carbons (Fsp3) is 0.357. The van der Waals surface area contributed by atoms with Crippen molar-refractivity contribution in [3.63, 3.8) is 0 Å². The lowest BCUT2D eigenvalue weighted by Gasteiger charge is -2.36. The van der Waals surface area contributed by atoms with Crippen molar-refractivity contribution >= 4 is 5.69 Å². The Morgan fingerprint density at radius 1 is 0.818 bits per heavy atom. The lowest BCUT2D eigenvalue weighted by atomic mass is 9.90. The molecule has 0 amide bonds. The number of rotatable bonds is 7. The first-order chi connectivity index (χ1) is 16.3. The largest absolute Gasteiger partial charge is 0.495 e. The standard InChI is InChI=1S/C28H32N2O3/c1-31-25-12-6-5-11-24(25)30-18-16-29(17-19-30)15-7-9-21-13-14-26(32-2)28-27(21)23-10-4-3-8-22(23)20-33-28/h3-6,8,10-14H,7,9,15-20H2,1-2H3. The summed E-state index contributed by atoms with van der Waals surface area (Å²) in [6.07, 6.45) is 2.15. The average Bonchev–Trinajstić information content (AvgIpc) is 2.88. The quantitative estimate of drug-likeness (QED) is 0.511. The minimum Gasteiger partial charge on any atom is -0.495 e. The highest BCUT2D eigenvalue weighted by atomic mass is 16.5. The first-order valence-corrected chi connectivity index (χ1v) is 11.8. The first-order valence-electron chi connectivity index (χ1n) is 11.8. The Bertz CT molecular complexity index is 1110. The number of benzene rings is 3. The predicted molar refractivity (Wildman–Crippen MR) is 133 cm³/mol. The van der Waals surface area contributed by atoms with Gasteiger partial charge in [0.15, 0.2) is 11.5 Å². The summed E-state index contributed by atoms with van der Waals surface area (Å²) in [5.41, 5.74) is 6.26. The van der Waals surface area contributed by atoms with Crippen molar-refractivity contribution in [1.29, 1.82) is 0 Å². The number of hydrogen-bond acceptors (Lipinski definition) is 5. The molecule has 33 heavy (non-hydrogen) atoms. The van der Waals surface area contributed by atoms with Crippen LogP contribution in [0, 0.1) is 0 Å². The van der Waals surface area contributed by atoms with E-state index in [-0.39, 0.29) is 0 Å². The maximum Gasteiger partial charge on any atom is 0.169 e. The van der Waals surface area contributed by atoms with Crippen LogP contribution in [0.15, 0.2) is 60.7 Å². The highest BCUT2D eigenvalue weighted by molar-refractivity contribution is 5.80. The molecule has 3 aromatic carbocycles. The van der Waals surface area contributed by atoms with E-state index in [1.165, 1.54) is 27.9 Å². The summed E-state index contributed by atoms with van der Waals surface area (Å²) in [6.45, 7) is 5.90. The van der Waals surface area contributed by atoms with Gasteiger partial charge in [-0.1, -0.05) is 42.5 Å². The van der Waals surface area contributed by atoms with Crippen LogP contribution >= 0.6 is 0 Å². The van der Waals surface area contributed by atoms with E-state index in [1.54, 1.807) is 14.2 Å². The van der Waals surface area contributed by atoms with E-state index in [0.717, 1.165) is 62.8 Å². The molecule has 5 nitrogen and oxygen atoms in total. The van der Waals surface area contributed by atoms with Gasteiger partial charge in [-0.15, -0.1) is 0 Å². The smallest absolute Gasteiger partial charge is 0.169 e. The molecule has 0 atom stereocenters. The molecule has 1 saturated heterocycles. The third-order valence-corrected chi connectivity index (χ3v) is 6.81. The summed E-state index contributed by atoms with van der Waals surface area (Å²) in [7, 11) is 3.46. The normalized spacial score (nSPS) is 15.4. The topological polar surface area (TPSA) is 34.2 Å². The lowest BCUT2D eigenvalue weighted by Crippen LogP contribution is -2.46. The summed E-state index contributed by atoms with van der Waals surface area (Å²) < 4.78 is 17.3. The lowest BCUT2D eigenvalue weighted by molar-refractivity contribution is 0.254. The third kappa shape index (κ3) is 4.38. The zero-order chi connectivity index (χ0) is 22.6. The SMILES string of the molecule is COc1ccccc1N1CCN(CCCc2ccc(OC)c3c2-c2ccccc2CO3)CC1. The summed E-state index contributed by atoms with van der Waals surface area (Å²) in [5, 5.41) is 0. The average molecular weight is 445 g/mol.